The van der Waals surface area contributed by atoms with Gasteiger partial charge in [0.15, 0.2) is 0 Å². The molecule has 0 bridgehead atoms. The van der Waals surface area contributed by atoms with Crippen LogP contribution in [0.25, 0.3) is 11.1 Å². The number of fused-ring (bicyclic) bond motifs is 1. The highest BCUT2D eigenvalue weighted by Gasteiger charge is 2.20. The Hall–Kier alpha value is -1.67. The Morgan fingerprint density at radius 1 is 1.22 bits per heavy atom. The lowest BCUT2D eigenvalue weighted by molar-refractivity contribution is 0.565. The van der Waals surface area contributed by atoms with Gasteiger partial charge >= 0.3 is 0 Å². The molecule has 18 heavy (non-hydrogen) atoms. The van der Waals surface area contributed by atoms with Gasteiger partial charge in [0.2, 0.25) is 0 Å². The van der Waals surface area contributed by atoms with Gasteiger partial charge in [0.05, 0.1) is 0 Å². The van der Waals surface area contributed by atoms with Crippen molar-refractivity contribution in [2.75, 3.05) is 0 Å². The topological polar surface area (TPSA) is 38.9 Å². The van der Waals surface area contributed by atoms with Crippen molar-refractivity contribution in [1.82, 2.24) is 4.98 Å². The highest BCUT2D eigenvalue weighted by atomic mass is 14.7. The Balaban J connectivity index is 2.15. The summed E-state index contributed by atoms with van der Waals surface area (Å²) in [6.07, 6.45) is 3.03. The van der Waals surface area contributed by atoms with Crippen LogP contribution in [-0.4, -0.2) is 11.0 Å². The summed E-state index contributed by atoms with van der Waals surface area (Å²) in [5, 5.41) is 0. The standard InChI is InChI=1S/C16H18N2/c1-11-9-15(12-5-3-2-4-6-12)14-8-7-13(17)10-16(14)18-11/h2-6,9,13H,7-8,10,17H2,1H3. The lowest BCUT2D eigenvalue weighted by Crippen LogP contribution is -2.29. The summed E-state index contributed by atoms with van der Waals surface area (Å²) in [4.78, 5) is 4.67. The van der Waals surface area contributed by atoms with E-state index in [1.807, 2.05) is 0 Å². The van der Waals surface area contributed by atoms with E-state index in [-0.39, 0.29) is 6.04 Å². The number of nitrogens with two attached hydrogens (primary N) is 1. The van der Waals surface area contributed by atoms with E-state index in [0.29, 0.717) is 0 Å². The van der Waals surface area contributed by atoms with E-state index in [4.69, 9.17) is 5.73 Å². The molecule has 0 saturated heterocycles. The largest absolute Gasteiger partial charge is 0.327 e. The first-order chi connectivity index (χ1) is 8.74. The van der Waals surface area contributed by atoms with E-state index in [1.54, 1.807) is 0 Å². The van der Waals surface area contributed by atoms with E-state index < -0.39 is 0 Å². The highest BCUT2D eigenvalue weighted by Crippen LogP contribution is 2.30. The number of pyridine rings is 1. The van der Waals surface area contributed by atoms with Crippen LogP contribution in [0.2, 0.25) is 0 Å². The zero-order valence-electron chi connectivity index (χ0n) is 10.7. The smallest absolute Gasteiger partial charge is 0.0460 e. The zero-order valence-corrected chi connectivity index (χ0v) is 10.7. The van der Waals surface area contributed by atoms with E-state index in [2.05, 4.69) is 48.3 Å². The first-order valence-corrected chi connectivity index (χ1v) is 6.54. The fraction of sp³-hybridized carbons (Fsp3) is 0.312. The van der Waals surface area contributed by atoms with Crippen LogP contribution in [0.4, 0.5) is 0 Å². The van der Waals surface area contributed by atoms with Gasteiger partial charge in [0.25, 0.3) is 0 Å². The average molecular weight is 238 g/mol. The fourth-order valence-corrected chi connectivity index (χ4v) is 2.77. The zero-order chi connectivity index (χ0) is 12.5. The third kappa shape index (κ3) is 2.04. The molecule has 1 heterocycles. The fourth-order valence-electron chi connectivity index (χ4n) is 2.77. The molecule has 3 rings (SSSR count). The van der Waals surface area contributed by atoms with Crippen molar-refractivity contribution in [1.29, 1.82) is 0 Å². The highest BCUT2D eigenvalue weighted by molar-refractivity contribution is 5.68. The summed E-state index contributed by atoms with van der Waals surface area (Å²) in [6.45, 7) is 2.06. The molecule has 2 aromatic rings. The molecule has 92 valence electrons. The Morgan fingerprint density at radius 2 is 2.00 bits per heavy atom. The van der Waals surface area contributed by atoms with Crippen LogP contribution in [0.1, 0.15) is 23.4 Å². The molecule has 1 atom stereocenters. The third-order valence-electron chi connectivity index (χ3n) is 3.64. The monoisotopic (exact) mass is 238 g/mol. The minimum absolute atomic E-state index is 0.274. The van der Waals surface area contributed by atoms with Gasteiger partial charge in [-0.2, -0.15) is 0 Å². The van der Waals surface area contributed by atoms with Crippen molar-refractivity contribution in [3.63, 3.8) is 0 Å². The third-order valence-corrected chi connectivity index (χ3v) is 3.64. The van der Waals surface area contributed by atoms with Crippen LogP contribution in [0.3, 0.4) is 0 Å². The lowest BCUT2D eigenvalue weighted by atomic mass is 9.87. The molecule has 1 aliphatic rings. The molecule has 1 unspecified atom stereocenters. The second-order valence-corrected chi connectivity index (χ2v) is 5.11. The molecule has 0 aliphatic heterocycles. The molecule has 0 saturated carbocycles. The van der Waals surface area contributed by atoms with E-state index in [1.165, 1.54) is 22.4 Å². The maximum Gasteiger partial charge on any atom is 0.0460 e. The van der Waals surface area contributed by atoms with Crippen molar-refractivity contribution < 1.29 is 0 Å². The SMILES string of the molecule is Cc1cc(-c2ccccc2)c2c(n1)CC(N)CC2. The van der Waals surface area contributed by atoms with Gasteiger partial charge in [0.1, 0.15) is 0 Å². The Kier molecular flexibility index (Phi) is 2.88. The summed E-state index contributed by atoms with van der Waals surface area (Å²) in [5.41, 5.74) is 12.4. The Bertz CT molecular complexity index is 561. The quantitative estimate of drug-likeness (QED) is 0.829. The van der Waals surface area contributed by atoms with Crippen molar-refractivity contribution in [3.8, 4) is 11.1 Å². The molecule has 1 aliphatic carbocycles. The van der Waals surface area contributed by atoms with E-state index >= 15 is 0 Å². The molecule has 1 aromatic carbocycles. The number of aromatic nitrogens is 1. The summed E-state index contributed by atoms with van der Waals surface area (Å²) in [7, 11) is 0. The second-order valence-electron chi connectivity index (χ2n) is 5.11. The van der Waals surface area contributed by atoms with Gasteiger partial charge in [-0.3, -0.25) is 4.98 Å². The first kappa shape index (κ1) is 11.4. The number of nitrogens with zero attached hydrogens (tertiary/aromatic N) is 1. The minimum Gasteiger partial charge on any atom is -0.327 e. The maximum atomic E-state index is 6.05. The van der Waals surface area contributed by atoms with Crippen molar-refractivity contribution in [2.24, 2.45) is 5.73 Å². The molecule has 2 N–H and O–H groups in total. The van der Waals surface area contributed by atoms with Gasteiger partial charge in [-0.15, -0.1) is 0 Å². The summed E-state index contributed by atoms with van der Waals surface area (Å²) >= 11 is 0. The van der Waals surface area contributed by atoms with Crippen molar-refractivity contribution in [3.05, 3.63) is 53.3 Å². The minimum atomic E-state index is 0.274. The number of hydrogen-bond acceptors (Lipinski definition) is 2. The normalized spacial score (nSPS) is 18.4. The van der Waals surface area contributed by atoms with E-state index in [9.17, 15) is 0 Å². The van der Waals surface area contributed by atoms with Crippen LogP contribution in [0.15, 0.2) is 36.4 Å². The van der Waals surface area contributed by atoms with Crippen molar-refractivity contribution >= 4 is 0 Å². The van der Waals surface area contributed by atoms with Gasteiger partial charge in [-0.25, -0.2) is 0 Å². The molecule has 0 fully saturated rings. The van der Waals surface area contributed by atoms with Gasteiger partial charge in [-0.05, 0) is 42.5 Å². The average Bonchev–Trinajstić information content (AvgIpc) is 2.38. The van der Waals surface area contributed by atoms with Crippen molar-refractivity contribution in [2.45, 2.75) is 32.2 Å². The number of benzene rings is 1. The lowest BCUT2D eigenvalue weighted by Gasteiger charge is -2.23. The van der Waals surface area contributed by atoms with Crippen LogP contribution in [-0.2, 0) is 12.8 Å². The Morgan fingerprint density at radius 3 is 2.78 bits per heavy atom. The molecule has 2 nitrogen and oxygen atoms in total. The van der Waals surface area contributed by atoms with Crippen LogP contribution < -0.4 is 5.73 Å². The Labute approximate surface area is 108 Å². The van der Waals surface area contributed by atoms with Crippen LogP contribution in [0.5, 0.6) is 0 Å². The summed E-state index contributed by atoms with van der Waals surface area (Å²) in [5.74, 6) is 0. The molecular formula is C16H18N2. The number of hydrogen-bond donors (Lipinski definition) is 1. The molecule has 1 aromatic heterocycles. The van der Waals surface area contributed by atoms with E-state index in [0.717, 1.165) is 25.0 Å². The second kappa shape index (κ2) is 4.54. The summed E-state index contributed by atoms with van der Waals surface area (Å²) < 4.78 is 0. The maximum absolute atomic E-state index is 6.05. The molecular weight excluding hydrogens is 220 g/mol. The first-order valence-electron chi connectivity index (χ1n) is 6.54. The molecule has 0 radical (unpaired) electrons. The number of rotatable bonds is 1. The molecule has 0 amide bonds. The van der Waals surface area contributed by atoms with Crippen LogP contribution >= 0.6 is 0 Å². The van der Waals surface area contributed by atoms with Gasteiger partial charge < -0.3 is 5.73 Å². The molecule has 0 spiro atoms. The number of aryl methyl sites for hydroxylation is 1. The summed E-state index contributed by atoms with van der Waals surface area (Å²) in [6, 6.07) is 13.0. The predicted molar refractivity (Wildman–Crippen MR) is 74.4 cm³/mol. The van der Waals surface area contributed by atoms with Gasteiger partial charge in [-0.1, -0.05) is 30.3 Å². The molecule has 2 heteroatoms. The predicted octanol–water partition coefficient (Wildman–Crippen LogP) is 2.87. The van der Waals surface area contributed by atoms with Crippen LogP contribution in [0, 0.1) is 6.92 Å². The van der Waals surface area contributed by atoms with Gasteiger partial charge in [0, 0.05) is 23.9 Å².